The zero-order valence-electron chi connectivity index (χ0n) is 15.8. The molecule has 1 aliphatic heterocycles. The van der Waals surface area contributed by atoms with Crippen molar-refractivity contribution in [3.63, 3.8) is 0 Å². The van der Waals surface area contributed by atoms with Crippen LogP contribution in [0.15, 0.2) is 54.9 Å². The molecule has 0 atom stereocenters. The molecule has 0 N–H and O–H groups in total. The van der Waals surface area contributed by atoms with Crippen molar-refractivity contribution in [2.75, 3.05) is 13.1 Å². The molecule has 27 heavy (non-hydrogen) atoms. The van der Waals surface area contributed by atoms with E-state index in [1.54, 1.807) is 0 Å². The van der Waals surface area contributed by atoms with E-state index in [2.05, 4.69) is 33.0 Å². The second-order valence-electron chi connectivity index (χ2n) is 7.33. The second-order valence-corrected chi connectivity index (χ2v) is 7.33. The molecule has 0 spiro atoms. The number of likely N-dealkylation sites (tertiary alicyclic amines) is 1. The summed E-state index contributed by atoms with van der Waals surface area (Å²) in [5.41, 5.74) is 4.12. The highest BCUT2D eigenvalue weighted by Gasteiger charge is 2.26. The van der Waals surface area contributed by atoms with E-state index in [9.17, 15) is 4.79 Å². The molecule has 0 saturated carbocycles. The molecule has 2 heterocycles. The van der Waals surface area contributed by atoms with Crippen molar-refractivity contribution in [1.82, 2.24) is 19.7 Å². The van der Waals surface area contributed by atoms with Crippen LogP contribution < -0.4 is 0 Å². The number of aromatic nitrogens is 3. The lowest BCUT2D eigenvalue weighted by atomic mass is 10.0. The van der Waals surface area contributed by atoms with Gasteiger partial charge < -0.3 is 9.47 Å². The van der Waals surface area contributed by atoms with Gasteiger partial charge in [-0.05, 0) is 38.8 Å². The van der Waals surface area contributed by atoms with Crippen LogP contribution >= 0.6 is 0 Å². The molecule has 0 unspecified atom stereocenters. The summed E-state index contributed by atoms with van der Waals surface area (Å²) in [5, 5.41) is 8.44. The summed E-state index contributed by atoms with van der Waals surface area (Å²) in [6.45, 7) is 5.58. The molecule has 0 bridgehead atoms. The maximum atomic E-state index is 12.9. The molecule has 1 amide bonds. The smallest absolute Gasteiger partial charge is 0.253 e. The Morgan fingerprint density at radius 1 is 1.00 bits per heavy atom. The summed E-state index contributed by atoms with van der Waals surface area (Å²) in [6.07, 6.45) is 3.64. The summed E-state index contributed by atoms with van der Waals surface area (Å²) in [7, 11) is 0. The first-order valence-electron chi connectivity index (χ1n) is 9.44. The monoisotopic (exact) mass is 360 g/mol. The SMILES string of the molecule is Cc1cc(C)cc(C(=O)N2CCC(n3cnnc3-c3ccccc3)CC2)c1. The fourth-order valence-corrected chi connectivity index (χ4v) is 3.93. The average molecular weight is 360 g/mol. The summed E-state index contributed by atoms with van der Waals surface area (Å²) >= 11 is 0. The van der Waals surface area contributed by atoms with E-state index in [0.29, 0.717) is 6.04 Å². The Kier molecular flexibility index (Phi) is 4.75. The molecule has 3 aromatic rings. The molecule has 0 aliphatic carbocycles. The van der Waals surface area contributed by atoms with E-state index < -0.39 is 0 Å². The first-order valence-corrected chi connectivity index (χ1v) is 9.44. The van der Waals surface area contributed by atoms with Crippen LogP contribution in [-0.2, 0) is 0 Å². The number of amides is 1. The predicted molar refractivity (Wildman–Crippen MR) is 106 cm³/mol. The minimum Gasteiger partial charge on any atom is -0.338 e. The van der Waals surface area contributed by atoms with Crippen LogP contribution in [0.25, 0.3) is 11.4 Å². The molecule has 5 heteroatoms. The quantitative estimate of drug-likeness (QED) is 0.708. The molecule has 1 saturated heterocycles. The van der Waals surface area contributed by atoms with Crippen LogP contribution in [-0.4, -0.2) is 38.7 Å². The second kappa shape index (κ2) is 7.35. The van der Waals surface area contributed by atoms with Gasteiger partial charge >= 0.3 is 0 Å². The van der Waals surface area contributed by atoms with Gasteiger partial charge in [0.25, 0.3) is 5.91 Å². The van der Waals surface area contributed by atoms with Gasteiger partial charge in [-0.1, -0.05) is 47.5 Å². The minimum atomic E-state index is 0.132. The number of hydrogen-bond acceptors (Lipinski definition) is 3. The third-order valence-corrected chi connectivity index (χ3v) is 5.22. The Morgan fingerprint density at radius 3 is 2.33 bits per heavy atom. The van der Waals surface area contributed by atoms with Crippen LogP contribution in [0.1, 0.15) is 40.4 Å². The van der Waals surface area contributed by atoms with Crippen molar-refractivity contribution in [3.05, 3.63) is 71.5 Å². The Labute approximate surface area is 159 Å². The van der Waals surface area contributed by atoms with Crippen LogP contribution in [0.3, 0.4) is 0 Å². The number of piperidine rings is 1. The standard InChI is InChI=1S/C22H24N4O/c1-16-12-17(2)14-19(13-16)22(27)25-10-8-20(9-11-25)26-15-23-24-21(26)18-6-4-3-5-7-18/h3-7,12-15,20H,8-11H2,1-2H3. The fourth-order valence-electron chi connectivity index (χ4n) is 3.93. The minimum absolute atomic E-state index is 0.132. The van der Waals surface area contributed by atoms with Gasteiger partial charge in [-0.25, -0.2) is 0 Å². The summed E-state index contributed by atoms with van der Waals surface area (Å²) in [4.78, 5) is 14.8. The first-order chi connectivity index (χ1) is 13.1. The van der Waals surface area contributed by atoms with Crippen LogP contribution in [0.4, 0.5) is 0 Å². The molecule has 1 aliphatic rings. The van der Waals surface area contributed by atoms with Crippen molar-refractivity contribution in [1.29, 1.82) is 0 Å². The Hall–Kier alpha value is -2.95. The van der Waals surface area contributed by atoms with Gasteiger partial charge in [-0.15, -0.1) is 10.2 Å². The lowest BCUT2D eigenvalue weighted by Gasteiger charge is -2.33. The van der Waals surface area contributed by atoms with E-state index in [1.807, 2.05) is 55.4 Å². The van der Waals surface area contributed by atoms with Crippen molar-refractivity contribution in [3.8, 4) is 11.4 Å². The molecular weight excluding hydrogens is 336 g/mol. The van der Waals surface area contributed by atoms with Crippen molar-refractivity contribution in [2.24, 2.45) is 0 Å². The Balaban J connectivity index is 1.47. The number of hydrogen-bond donors (Lipinski definition) is 0. The van der Waals surface area contributed by atoms with Crippen LogP contribution in [0.5, 0.6) is 0 Å². The molecule has 4 rings (SSSR count). The third kappa shape index (κ3) is 3.63. The number of carbonyl (C=O) groups is 1. The van der Waals surface area contributed by atoms with Gasteiger partial charge in [0.2, 0.25) is 0 Å². The Morgan fingerprint density at radius 2 is 1.67 bits per heavy atom. The molecular formula is C22H24N4O. The summed E-state index contributed by atoms with van der Waals surface area (Å²) in [6, 6.07) is 16.5. The molecule has 1 aromatic heterocycles. The topological polar surface area (TPSA) is 51.0 Å². The average Bonchev–Trinajstić information content (AvgIpc) is 3.17. The highest BCUT2D eigenvalue weighted by atomic mass is 16.2. The van der Waals surface area contributed by atoms with E-state index >= 15 is 0 Å². The third-order valence-electron chi connectivity index (χ3n) is 5.22. The lowest BCUT2D eigenvalue weighted by Crippen LogP contribution is -2.39. The van der Waals surface area contributed by atoms with E-state index in [0.717, 1.165) is 54.0 Å². The van der Waals surface area contributed by atoms with Gasteiger partial charge in [0, 0.05) is 30.3 Å². The first kappa shape index (κ1) is 17.5. The largest absolute Gasteiger partial charge is 0.338 e. The highest BCUT2D eigenvalue weighted by molar-refractivity contribution is 5.94. The zero-order valence-corrected chi connectivity index (χ0v) is 15.8. The van der Waals surface area contributed by atoms with E-state index in [1.165, 1.54) is 0 Å². The predicted octanol–water partition coefficient (Wildman–Crippen LogP) is 4.04. The van der Waals surface area contributed by atoms with Gasteiger partial charge in [0.05, 0.1) is 0 Å². The Bertz CT molecular complexity index is 920. The maximum Gasteiger partial charge on any atom is 0.253 e. The van der Waals surface area contributed by atoms with Gasteiger partial charge in [0.15, 0.2) is 5.82 Å². The number of rotatable bonds is 3. The van der Waals surface area contributed by atoms with Gasteiger partial charge in [0.1, 0.15) is 6.33 Å². The van der Waals surface area contributed by atoms with Crippen molar-refractivity contribution < 1.29 is 4.79 Å². The van der Waals surface area contributed by atoms with Crippen molar-refractivity contribution >= 4 is 5.91 Å². The number of nitrogens with zero attached hydrogens (tertiary/aromatic N) is 4. The van der Waals surface area contributed by atoms with E-state index in [-0.39, 0.29) is 5.91 Å². The molecule has 138 valence electrons. The number of benzene rings is 2. The molecule has 5 nitrogen and oxygen atoms in total. The fraction of sp³-hybridized carbons (Fsp3) is 0.318. The highest BCUT2D eigenvalue weighted by Crippen LogP contribution is 2.28. The van der Waals surface area contributed by atoms with Crippen LogP contribution in [0, 0.1) is 13.8 Å². The maximum absolute atomic E-state index is 12.9. The van der Waals surface area contributed by atoms with Gasteiger partial charge in [-0.2, -0.15) is 0 Å². The summed E-state index contributed by atoms with van der Waals surface area (Å²) < 4.78 is 2.16. The normalized spacial score (nSPS) is 15.1. The van der Waals surface area contributed by atoms with Gasteiger partial charge in [-0.3, -0.25) is 4.79 Å². The summed E-state index contributed by atoms with van der Waals surface area (Å²) in [5.74, 6) is 1.03. The number of carbonyl (C=O) groups excluding carboxylic acids is 1. The van der Waals surface area contributed by atoms with Crippen molar-refractivity contribution in [2.45, 2.75) is 32.7 Å². The van der Waals surface area contributed by atoms with Crippen LogP contribution in [0.2, 0.25) is 0 Å². The molecule has 1 fully saturated rings. The molecule has 0 radical (unpaired) electrons. The lowest BCUT2D eigenvalue weighted by molar-refractivity contribution is 0.0695. The number of aryl methyl sites for hydroxylation is 2. The molecule has 2 aromatic carbocycles. The van der Waals surface area contributed by atoms with E-state index in [4.69, 9.17) is 0 Å². The zero-order chi connectivity index (χ0) is 18.8.